The number of fused-ring (bicyclic) bond motifs is 1. The van der Waals surface area contributed by atoms with Crippen LogP contribution in [-0.4, -0.2) is 59.0 Å². The Balaban J connectivity index is 1.67. The molecule has 1 aliphatic carbocycles. The number of carbonyl (C=O) groups is 2. The topological polar surface area (TPSA) is 60.9 Å². The first-order chi connectivity index (χ1) is 10.5. The molecule has 2 heterocycles. The lowest BCUT2D eigenvalue weighted by molar-refractivity contribution is -0.150. The highest BCUT2D eigenvalue weighted by molar-refractivity contribution is 5.82. The van der Waals surface area contributed by atoms with Crippen LogP contribution >= 0.6 is 0 Å². The van der Waals surface area contributed by atoms with Crippen molar-refractivity contribution in [3.05, 3.63) is 0 Å². The number of carboxylic acid groups (broad SMARTS) is 1. The van der Waals surface area contributed by atoms with E-state index < -0.39 is 11.4 Å². The van der Waals surface area contributed by atoms with Gasteiger partial charge in [0.2, 0.25) is 5.91 Å². The highest BCUT2D eigenvalue weighted by Gasteiger charge is 2.56. The number of carboxylic acids is 1. The van der Waals surface area contributed by atoms with Crippen molar-refractivity contribution in [3.8, 4) is 0 Å². The third-order valence-electron chi connectivity index (χ3n) is 6.15. The molecule has 1 N–H and O–H groups in total. The molecule has 0 bridgehead atoms. The van der Waals surface area contributed by atoms with Crippen molar-refractivity contribution in [1.29, 1.82) is 0 Å². The summed E-state index contributed by atoms with van der Waals surface area (Å²) in [5.74, 6) is -0.237. The second-order valence-electron chi connectivity index (χ2n) is 7.40. The Kier molecular flexibility index (Phi) is 4.44. The number of nitrogens with zero attached hydrogens (tertiary/aromatic N) is 2. The number of hydrogen-bond acceptors (Lipinski definition) is 3. The summed E-state index contributed by atoms with van der Waals surface area (Å²) in [4.78, 5) is 28.7. The Morgan fingerprint density at radius 1 is 1.14 bits per heavy atom. The molecule has 0 aromatic rings. The maximum Gasteiger partial charge on any atom is 0.311 e. The number of likely N-dealkylation sites (tertiary alicyclic amines) is 2. The van der Waals surface area contributed by atoms with Crippen LogP contribution in [0.4, 0.5) is 0 Å². The molecule has 5 nitrogen and oxygen atoms in total. The molecule has 0 radical (unpaired) electrons. The van der Waals surface area contributed by atoms with Gasteiger partial charge >= 0.3 is 5.97 Å². The average molecular weight is 308 g/mol. The lowest BCUT2D eigenvalue weighted by Gasteiger charge is -2.31. The molecule has 1 unspecified atom stereocenters. The second-order valence-corrected chi connectivity index (χ2v) is 7.40. The van der Waals surface area contributed by atoms with E-state index in [9.17, 15) is 14.7 Å². The first kappa shape index (κ1) is 15.8. The van der Waals surface area contributed by atoms with E-state index >= 15 is 0 Å². The van der Waals surface area contributed by atoms with E-state index in [2.05, 4.69) is 4.90 Å². The highest BCUT2D eigenvalue weighted by atomic mass is 16.4. The molecule has 0 aromatic carbocycles. The predicted molar refractivity (Wildman–Crippen MR) is 83.5 cm³/mol. The molecule has 2 saturated heterocycles. The number of aliphatic carboxylic acids is 1. The second kappa shape index (κ2) is 6.19. The van der Waals surface area contributed by atoms with Gasteiger partial charge in [-0.1, -0.05) is 19.3 Å². The molecule has 3 fully saturated rings. The minimum Gasteiger partial charge on any atom is -0.481 e. The van der Waals surface area contributed by atoms with E-state index in [4.69, 9.17) is 0 Å². The summed E-state index contributed by atoms with van der Waals surface area (Å²) in [6.45, 7) is 5.01. The van der Waals surface area contributed by atoms with Crippen LogP contribution in [0.2, 0.25) is 0 Å². The van der Waals surface area contributed by atoms with Gasteiger partial charge in [-0.25, -0.2) is 0 Å². The molecule has 22 heavy (non-hydrogen) atoms. The Hall–Kier alpha value is -1.10. The van der Waals surface area contributed by atoms with Gasteiger partial charge in [-0.2, -0.15) is 0 Å². The van der Waals surface area contributed by atoms with E-state index in [1.807, 2.05) is 11.8 Å². The molecule has 3 aliphatic rings. The smallest absolute Gasteiger partial charge is 0.311 e. The lowest BCUT2D eigenvalue weighted by Crippen LogP contribution is -2.47. The summed E-state index contributed by atoms with van der Waals surface area (Å²) in [5.41, 5.74) is -0.590. The minimum atomic E-state index is -0.660. The van der Waals surface area contributed by atoms with Gasteiger partial charge < -0.3 is 10.0 Å². The zero-order chi connectivity index (χ0) is 15.7. The van der Waals surface area contributed by atoms with E-state index in [0.29, 0.717) is 6.54 Å². The lowest BCUT2D eigenvalue weighted by atomic mass is 9.81. The van der Waals surface area contributed by atoms with Gasteiger partial charge in [0.05, 0.1) is 11.5 Å². The molecular weight excluding hydrogens is 280 g/mol. The molecule has 3 atom stereocenters. The van der Waals surface area contributed by atoms with E-state index in [1.54, 1.807) is 0 Å². The molecule has 2 aliphatic heterocycles. The van der Waals surface area contributed by atoms with Crippen molar-refractivity contribution in [1.82, 2.24) is 9.80 Å². The van der Waals surface area contributed by atoms with Crippen molar-refractivity contribution in [2.75, 3.05) is 26.2 Å². The summed E-state index contributed by atoms with van der Waals surface area (Å²) in [7, 11) is 0. The first-order valence-corrected chi connectivity index (χ1v) is 8.81. The van der Waals surface area contributed by atoms with Crippen molar-refractivity contribution in [2.24, 2.45) is 11.3 Å². The van der Waals surface area contributed by atoms with Crippen LogP contribution in [0.5, 0.6) is 0 Å². The van der Waals surface area contributed by atoms with Gasteiger partial charge in [-0.3, -0.25) is 14.5 Å². The van der Waals surface area contributed by atoms with Gasteiger partial charge in [-0.05, 0) is 38.5 Å². The molecule has 3 rings (SSSR count). The number of rotatable bonds is 3. The van der Waals surface area contributed by atoms with Crippen LogP contribution in [0.3, 0.4) is 0 Å². The maximum atomic E-state index is 12.8. The molecule has 0 spiro atoms. The number of amides is 1. The molecule has 1 amide bonds. The Morgan fingerprint density at radius 3 is 2.41 bits per heavy atom. The summed E-state index contributed by atoms with van der Waals surface area (Å²) in [6, 6.07) is -0.181. The maximum absolute atomic E-state index is 12.8. The zero-order valence-corrected chi connectivity index (χ0v) is 13.6. The van der Waals surface area contributed by atoms with E-state index in [1.165, 1.54) is 12.8 Å². The molecule has 0 aromatic heterocycles. The minimum absolute atomic E-state index is 0.181. The number of carbonyl (C=O) groups excluding carboxylic acids is 1. The first-order valence-electron chi connectivity index (χ1n) is 8.81. The van der Waals surface area contributed by atoms with Crippen LogP contribution < -0.4 is 0 Å². The zero-order valence-electron chi connectivity index (χ0n) is 13.6. The quantitative estimate of drug-likeness (QED) is 0.866. The monoisotopic (exact) mass is 308 g/mol. The average Bonchev–Trinajstić information content (AvgIpc) is 2.93. The molecule has 1 saturated carbocycles. The van der Waals surface area contributed by atoms with Crippen molar-refractivity contribution < 1.29 is 14.7 Å². The van der Waals surface area contributed by atoms with Gasteiger partial charge in [0.1, 0.15) is 0 Å². The molecule has 124 valence electrons. The van der Waals surface area contributed by atoms with Crippen molar-refractivity contribution in [2.45, 2.75) is 57.9 Å². The largest absolute Gasteiger partial charge is 0.481 e. The van der Waals surface area contributed by atoms with Crippen molar-refractivity contribution in [3.63, 3.8) is 0 Å². The Morgan fingerprint density at radius 2 is 1.82 bits per heavy atom. The fourth-order valence-corrected chi connectivity index (χ4v) is 4.68. The van der Waals surface area contributed by atoms with Gasteiger partial charge in [0, 0.05) is 26.2 Å². The summed E-state index contributed by atoms with van der Waals surface area (Å²) in [6.07, 6.45) is 7.40. The third-order valence-corrected chi connectivity index (χ3v) is 6.15. The highest BCUT2D eigenvalue weighted by Crippen LogP contribution is 2.49. The Bertz CT molecular complexity index is 445. The third kappa shape index (κ3) is 2.64. The van der Waals surface area contributed by atoms with Gasteiger partial charge in [0.15, 0.2) is 0 Å². The van der Waals surface area contributed by atoms with Crippen LogP contribution in [0.15, 0.2) is 0 Å². The van der Waals surface area contributed by atoms with Crippen LogP contribution in [-0.2, 0) is 9.59 Å². The van der Waals surface area contributed by atoms with E-state index in [-0.39, 0.29) is 17.9 Å². The summed E-state index contributed by atoms with van der Waals surface area (Å²) >= 11 is 0. The number of hydrogen-bond donors (Lipinski definition) is 1. The summed E-state index contributed by atoms with van der Waals surface area (Å²) < 4.78 is 0. The SMILES string of the molecule is CC(C(=O)N1CCCCCC1)N1C[C@@H]2CCC[C@@]2(C(=O)O)C1. The van der Waals surface area contributed by atoms with Gasteiger partial charge in [0.25, 0.3) is 0 Å². The fourth-order valence-electron chi connectivity index (χ4n) is 4.68. The van der Waals surface area contributed by atoms with Crippen LogP contribution in [0, 0.1) is 11.3 Å². The molecule has 5 heteroatoms. The predicted octanol–water partition coefficient (Wildman–Crippen LogP) is 1.96. The van der Waals surface area contributed by atoms with Gasteiger partial charge in [-0.15, -0.1) is 0 Å². The normalized spacial score (nSPS) is 34.2. The fraction of sp³-hybridized carbons (Fsp3) is 0.882. The summed E-state index contributed by atoms with van der Waals surface area (Å²) in [5, 5.41) is 9.68. The van der Waals surface area contributed by atoms with Crippen molar-refractivity contribution >= 4 is 11.9 Å². The van der Waals surface area contributed by atoms with Crippen LogP contribution in [0.1, 0.15) is 51.9 Å². The van der Waals surface area contributed by atoms with E-state index in [0.717, 1.165) is 51.7 Å². The standard InChI is InChI=1S/C17H28N2O3/c1-13(15(20)18-9-4-2-3-5-10-18)19-11-14-7-6-8-17(14,12-19)16(21)22/h13-14H,2-12H2,1H3,(H,21,22)/t13?,14-,17+/m0/s1. The van der Waals surface area contributed by atoms with Crippen LogP contribution in [0.25, 0.3) is 0 Å². The molecular formula is C17H28N2O3. The Labute approximate surface area is 132 Å².